The highest BCUT2D eigenvalue weighted by atomic mass is 16.5. The summed E-state index contributed by atoms with van der Waals surface area (Å²) in [5.41, 5.74) is 2.41. The van der Waals surface area contributed by atoms with E-state index in [4.69, 9.17) is 4.74 Å². The van der Waals surface area contributed by atoms with Crippen molar-refractivity contribution in [2.45, 2.75) is 12.5 Å². The monoisotopic (exact) mass is 294 g/mol. The van der Waals surface area contributed by atoms with Crippen LogP contribution in [-0.4, -0.2) is 37.8 Å². The quantitative estimate of drug-likeness (QED) is 0.610. The van der Waals surface area contributed by atoms with E-state index >= 15 is 0 Å². The molecule has 0 spiro atoms. The first-order valence-electron chi connectivity index (χ1n) is 7.93. The summed E-state index contributed by atoms with van der Waals surface area (Å²) in [4.78, 5) is 0. The molecule has 2 heteroatoms. The van der Waals surface area contributed by atoms with Crippen molar-refractivity contribution in [2.75, 3.05) is 27.2 Å². The summed E-state index contributed by atoms with van der Waals surface area (Å²) >= 11 is 0. The second-order valence-corrected chi connectivity index (χ2v) is 6.68. The minimum atomic E-state index is 0.348. The molecule has 1 aliphatic rings. The molecule has 1 fully saturated rings. The first kappa shape index (κ1) is 14.9. The van der Waals surface area contributed by atoms with Crippen LogP contribution in [0.5, 0.6) is 5.75 Å². The third-order valence-electron chi connectivity index (χ3n) is 4.20. The van der Waals surface area contributed by atoms with Gasteiger partial charge in [0.15, 0.2) is 6.10 Å². The Morgan fingerprint density at radius 1 is 0.909 bits per heavy atom. The van der Waals surface area contributed by atoms with E-state index in [0.717, 1.165) is 23.2 Å². The molecule has 0 bridgehead atoms. The zero-order valence-electron chi connectivity index (χ0n) is 13.4. The van der Waals surface area contributed by atoms with Crippen molar-refractivity contribution in [2.24, 2.45) is 0 Å². The van der Waals surface area contributed by atoms with Crippen LogP contribution in [0.1, 0.15) is 17.5 Å². The molecule has 0 saturated carbocycles. The maximum Gasteiger partial charge on any atom is 0.153 e. The molecule has 0 amide bonds. The Labute approximate surface area is 133 Å². The van der Waals surface area contributed by atoms with Gasteiger partial charge in [0.25, 0.3) is 0 Å². The predicted octanol–water partition coefficient (Wildman–Crippen LogP) is 4.08. The third kappa shape index (κ3) is 3.99. The number of nitrogens with zero attached hydrogens (tertiary/aromatic N) is 1. The van der Waals surface area contributed by atoms with E-state index in [1.807, 2.05) is 6.07 Å². The van der Waals surface area contributed by atoms with Crippen molar-refractivity contribution < 1.29 is 9.22 Å². The van der Waals surface area contributed by atoms with Gasteiger partial charge < -0.3 is 9.22 Å². The summed E-state index contributed by atoms with van der Waals surface area (Å²) in [6.45, 7) is 2.29. The molecule has 3 rings (SSSR count). The fourth-order valence-electron chi connectivity index (χ4n) is 2.93. The summed E-state index contributed by atoms with van der Waals surface area (Å²) in [6.07, 6.45) is 5.75. The van der Waals surface area contributed by atoms with Crippen molar-refractivity contribution >= 4 is 12.2 Å². The molecule has 2 aromatic rings. The van der Waals surface area contributed by atoms with Gasteiger partial charge in [0.05, 0.1) is 20.6 Å². The van der Waals surface area contributed by atoms with Crippen LogP contribution in [0, 0.1) is 0 Å². The van der Waals surface area contributed by atoms with Gasteiger partial charge in [-0.2, -0.15) is 0 Å². The highest BCUT2D eigenvalue weighted by Gasteiger charge is 2.32. The number of benzene rings is 2. The number of quaternary nitrogens is 1. The first-order chi connectivity index (χ1) is 10.6. The number of likely N-dealkylation sites (N-methyl/N-ethyl adjacent to an activating group) is 1. The van der Waals surface area contributed by atoms with E-state index in [2.05, 4.69) is 74.8 Å². The molecule has 1 aliphatic heterocycles. The van der Waals surface area contributed by atoms with Gasteiger partial charge in [0, 0.05) is 6.42 Å². The Kier molecular flexibility index (Phi) is 4.30. The zero-order valence-corrected chi connectivity index (χ0v) is 13.4. The van der Waals surface area contributed by atoms with Crippen LogP contribution in [0.4, 0.5) is 0 Å². The van der Waals surface area contributed by atoms with Gasteiger partial charge in [-0.25, -0.2) is 0 Å². The van der Waals surface area contributed by atoms with E-state index in [0.29, 0.717) is 6.10 Å². The van der Waals surface area contributed by atoms with Crippen LogP contribution < -0.4 is 4.74 Å². The molecule has 22 heavy (non-hydrogen) atoms. The van der Waals surface area contributed by atoms with Crippen molar-refractivity contribution in [1.29, 1.82) is 0 Å². The maximum atomic E-state index is 6.09. The van der Waals surface area contributed by atoms with E-state index < -0.39 is 0 Å². The maximum absolute atomic E-state index is 6.09. The third-order valence-corrected chi connectivity index (χ3v) is 4.20. The Bertz CT molecular complexity index is 629. The van der Waals surface area contributed by atoms with Crippen LogP contribution in [-0.2, 0) is 0 Å². The fraction of sp³-hybridized carbons (Fsp3) is 0.300. The fourth-order valence-corrected chi connectivity index (χ4v) is 2.93. The Balaban J connectivity index is 1.60. The molecule has 1 atom stereocenters. The average Bonchev–Trinajstić information content (AvgIpc) is 2.86. The summed E-state index contributed by atoms with van der Waals surface area (Å²) in [5, 5.41) is 0. The SMILES string of the molecule is C[N+]1(C)CC[C@@H](Oc2ccc(/C=C/c3ccccc3)cc2)C1. The number of rotatable bonds is 4. The lowest BCUT2D eigenvalue weighted by Gasteiger charge is -2.23. The number of hydrogen-bond acceptors (Lipinski definition) is 1. The molecule has 2 nitrogen and oxygen atoms in total. The molecule has 0 unspecified atom stereocenters. The second-order valence-electron chi connectivity index (χ2n) is 6.68. The number of hydrogen-bond donors (Lipinski definition) is 0. The molecule has 1 heterocycles. The van der Waals surface area contributed by atoms with Gasteiger partial charge >= 0.3 is 0 Å². The van der Waals surface area contributed by atoms with Gasteiger partial charge in [0.1, 0.15) is 12.3 Å². The van der Waals surface area contributed by atoms with Crippen LogP contribution in [0.3, 0.4) is 0 Å². The Morgan fingerprint density at radius 2 is 1.55 bits per heavy atom. The molecular weight excluding hydrogens is 270 g/mol. The molecule has 1 saturated heterocycles. The summed E-state index contributed by atoms with van der Waals surface area (Å²) in [5.74, 6) is 0.976. The lowest BCUT2D eigenvalue weighted by Crippen LogP contribution is -2.38. The molecule has 2 aromatic carbocycles. The van der Waals surface area contributed by atoms with Crippen molar-refractivity contribution in [1.82, 2.24) is 0 Å². The van der Waals surface area contributed by atoms with Gasteiger partial charge in [-0.3, -0.25) is 0 Å². The van der Waals surface area contributed by atoms with Crippen LogP contribution >= 0.6 is 0 Å². The van der Waals surface area contributed by atoms with Gasteiger partial charge in [0.2, 0.25) is 0 Å². The van der Waals surface area contributed by atoms with E-state index in [1.54, 1.807) is 0 Å². The Hall–Kier alpha value is -2.06. The lowest BCUT2D eigenvalue weighted by molar-refractivity contribution is -0.879. The average molecular weight is 294 g/mol. The molecular formula is C20H24NO+. The molecule has 0 aromatic heterocycles. The molecule has 0 aliphatic carbocycles. The van der Waals surface area contributed by atoms with Crippen LogP contribution in [0.25, 0.3) is 12.2 Å². The molecule has 0 N–H and O–H groups in total. The van der Waals surface area contributed by atoms with Crippen LogP contribution in [0.2, 0.25) is 0 Å². The smallest absolute Gasteiger partial charge is 0.153 e. The summed E-state index contributed by atoms with van der Waals surface area (Å²) < 4.78 is 7.15. The first-order valence-corrected chi connectivity index (χ1v) is 7.93. The van der Waals surface area contributed by atoms with Crippen molar-refractivity contribution in [3.8, 4) is 5.75 Å². The van der Waals surface area contributed by atoms with Crippen molar-refractivity contribution in [3.05, 3.63) is 65.7 Å². The highest BCUT2D eigenvalue weighted by molar-refractivity contribution is 5.69. The van der Waals surface area contributed by atoms with Gasteiger partial charge in [-0.1, -0.05) is 54.6 Å². The van der Waals surface area contributed by atoms with E-state index in [-0.39, 0.29) is 0 Å². The minimum absolute atomic E-state index is 0.348. The van der Waals surface area contributed by atoms with Gasteiger partial charge in [-0.05, 0) is 23.3 Å². The van der Waals surface area contributed by atoms with Crippen molar-refractivity contribution in [3.63, 3.8) is 0 Å². The zero-order chi connectivity index (χ0) is 15.4. The largest absolute Gasteiger partial charge is 0.484 e. The summed E-state index contributed by atoms with van der Waals surface area (Å²) in [7, 11) is 4.53. The van der Waals surface area contributed by atoms with E-state index in [9.17, 15) is 0 Å². The van der Waals surface area contributed by atoms with Crippen LogP contribution in [0.15, 0.2) is 54.6 Å². The minimum Gasteiger partial charge on any atom is -0.484 e. The standard InChI is InChI=1S/C20H24NO/c1-21(2)15-14-20(16-21)22-19-12-10-18(11-13-19)9-8-17-6-4-3-5-7-17/h3-13,20H,14-16H2,1-2H3/q+1/b9-8+/t20-/m1/s1. The second kappa shape index (κ2) is 6.37. The van der Waals surface area contributed by atoms with Gasteiger partial charge in [-0.15, -0.1) is 0 Å². The highest BCUT2D eigenvalue weighted by Crippen LogP contribution is 2.21. The molecule has 114 valence electrons. The summed E-state index contributed by atoms with van der Waals surface area (Å²) in [6, 6.07) is 18.7. The normalized spacial score (nSPS) is 20.4. The molecule has 0 radical (unpaired) electrons. The number of likely N-dealkylation sites (tertiary alicyclic amines) is 1. The lowest BCUT2D eigenvalue weighted by atomic mass is 10.1. The topological polar surface area (TPSA) is 9.23 Å². The number of ether oxygens (including phenoxy) is 1. The van der Waals surface area contributed by atoms with E-state index in [1.165, 1.54) is 17.7 Å². The predicted molar refractivity (Wildman–Crippen MR) is 92.7 cm³/mol. The Morgan fingerprint density at radius 3 is 2.14 bits per heavy atom.